The summed E-state index contributed by atoms with van der Waals surface area (Å²) in [4.78, 5) is 8.66. The Balaban J connectivity index is 1.63. The molecule has 3 aromatic rings. The van der Waals surface area contributed by atoms with Crippen LogP contribution in [-0.2, 0) is 16.2 Å². The minimum absolute atomic E-state index is 0.168. The number of pyridine rings is 2. The van der Waals surface area contributed by atoms with Crippen molar-refractivity contribution in [3.63, 3.8) is 0 Å². The average molecular weight is 522 g/mol. The molecule has 0 spiro atoms. The summed E-state index contributed by atoms with van der Waals surface area (Å²) in [5.41, 5.74) is 2.53. The van der Waals surface area contributed by atoms with Crippen molar-refractivity contribution < 1.29 is 22.6 Å². The van der Waals surface area contributed by atoms with Gasteiger partial charge < -0.3 is 24.7 Å². The molecule has 1 saturated heterocycles. The van der Waals surface area contributed by atoms with Crippen molar-refractivity contribution >= 4 is 30.6 Å². The zero-order valence-electron chi connectivity index (χ0n) is 21.0. The van der Waals surface area contributed by atoms with Gasteiger partial charge in [-0.25, -0.2) is 9.97 Å². The molecule has 4 heterocycles. The zero-order valence-corrected chi connectivity index (χ0v) is 22.0. The fourth-order valence-electron chi connectivity index (χ4n) is 4.08. The van der Waals surface area contributed by atoms with E-state index < -0.39 is 20.8 Å². The van der Waals surface area contributed by atoms with Crippen molar-refractivity contribution in [3.05, 3.63) is 36.7 Å². The van der Waals surface area contributed by atoms with Gasteiger partial charge in [0, 0.05) is 63.3 Å². The van der Waals surface area contributed by atoms with Gasteiger partial charge in [-0.15, -0.1) is 0 Å². The first kappa shape index (κ1) is 26.4. The molecule has 0 amide bonds. The number of anilines is 2. The van der Waals surface area contributed by atoms with Crippen LogP contribution in [0, 0.1) is 0 Å². The number of halogens is 3. The SMILES string of the molecule is C[Si](C)(C)CCOCn1c(-c2ccnc(NCC(F)(F)F)c2)cc2cnc(NC3CCOCC3)cc21. The van der Waals surface area contributed by atoms with E-state index in [1.807, 2.05) is 18.3 Å². The van der Waals surface area contributed by atoms with Gasteiger partial charge in [0.25, 0.3) is 0 Å². The Bertz CT molecular complexity index is 1160. The number of alkyl halides is 3. The lowest BCUT2D eigenvalue weighted by molar-refractivity contribution is -0.115. The van der Waals surface area contributed by atoms with Gasteiger partial charge in [-0.05, 0) is 37.1 Å². The summed E-state index contributed by atoms with van der Waals surface area (Å²) >= 11 is 0. The highest BCUT2D eigenvalue weighted by atomic mass is 28.3. The zero-order chi connectivity index (χ0) is 25.8. The van der Waals surface area contributed by atoms with Crippen LogP contribution >= 0.6 is 0 Å². The molecule has 0 unspecified atom stereocenters. The number of nitrogens with one attached hydrogen (secondary N) is 2. The second-order valence-corrected chi connectivity index (χ2v) is 16.0. The Hall–Kier alpha value is -2.63. The predicted octanol–water partition coefficient (Wildman–Crippen LogP) is 5.98. The summed E-state index contributed by atoms with van der Waals surface area (Å²) in [6, 6.07) is 8.78. The van der Waals surface area contributed by atoms with Crippen LogP contribution in [0.5, 0.6) is 0 Å². The van der Waals surface area contributed by atoms with E-state index in [1.165, 1.54) is 6.20 Å². The van der Waals surface area contributed by atoms with Crippen LogP contribution in [-0.4, -0.2) is 61.2 Å². The molecule has 0 bridgehead atoms. The molecule has 11 heteroatoms. The maximum atomic E-state index is 12.7. The molecule has 0 aliphatic carbocycles. The largest absolute Gasteiger partial charge is 0.405 e. The van der Waals surface area contributed by atoms with Crippen molar-refractivity contribution in [1.29, 1.82) is 0 Å². The van der Waals surface area contributed by atoms with E-state index in [1.54, 1.807) is 12.1 Å². The Morgan fingerprint density at radius 3 is 2.61 bits per heavy atom. The van der Waals surface area contributed by atoms with Gasteiger partial charge in [-0.1, -0.05) is 19.6 Å². The van der Waals surface area contributed by atoms with E-state index >= 15 is 0 Å². The second-order valence-electron chi connectivity index (χ2n) is 10.4. The molecule has 0 aromatic carbocycles. The molecule has 7 nitrogen and oxygen atoms in total. The Morgan fingerprint density at radius 2 is 1.89 bits per heavy atom. The highest BCUT2D eigenvalue weighted by Crippen LogP contribution is 2.31. The average Bonchev–Trinajstić information content (AvgIpc) is 3.18. The summed E-state index contributed by atoms with van der Waals surface area (Å²) in [6.45, 7) is 8.23. The summed E-state index contributed by atoms with van der Waals surface area (Å²) in [5, 5.41) is 6.81. The quantitative estimate of drug-likeness (QED) is 0.253. The van der Waals surface area contributed by atoms with E-state index in [0.29, 0.717) is 19.4 Å². The third kappa shape index (κ3) is 7.44. The molecule has 3 aromatic heterocycles. The summed E-state index contributed by atoms with van der Waals surface area (Å²) < 4.78 is 51.7. The molecule has 196 valence electrons. The Labute approximate surface area is 210 Å². The first-order valence-electron chi connectivity index (χ1n) is 12.3. The van der Waals surface area contributed by atoms with Gasteiger partial charge in [0.05, 0.1) is 11.2 Å². The van der Waals surface area contributed by atoms with Crippen molar-refractivity contribution in [2.24, 2.45) is 0 Å². The van der Waals surface area contributed by atoms with Crippen molar-refractivity contribution in [2.45, 2.75) is 57.5 Å². The highest BCUT2D eigenvalue weighted by molar-refractivity contribution is 6.76. The number of hydrogen-bond donors (Lipinski definition) is 2. The monoisotopic (exact) mass is 521 g/mol. The highest BCUT2D eigenvalue weighted by Gasteiger charge is 2.27. The van der Waals surface area contributed by atoms with E-state index in [-0.39, 0.29) is 5.82 Å². The van der Waals surface area contributed by atoms with E-state index in [0.717, 1.165) is 60.1 Å². The summed E-state index contributed by atoms with van der Waals surface area (Å²) in [7, 11) is -1.25. The topological polar surface area (TPSA) is 73.2 Å². The molecule has 1 fully saturated rings. The summed E-state index contributed by atoms with van der Waals surface area (Å²) in [5.74, 6) is 0.950. The number of fused-ring (bicyclic) bond motifs is 1. The van der Waals surface area contributed by atoms with Crippen LogP contribution in [0.25, 0.3) is 22.2 Å². The molecular formula is C25H34F3N5O2Si. The normalized spacial score (nSPS) is 15.4. The molecule has 0 saturated carbocycles. The van der Waals surface area contributed by atoms with E-state index in [2.05, 4.69) is 44.8 Å². The number of hydrogen-bond acceptors (Lipinski definition) is 6. The number of rotatable bonds is 10. The molecule has 1 aliphatic rings. The minimum Gasteiger partial charge on any atom is -0.381 e. The van der Waals surface area contributed by atoms with Crippen LogP contribution in [0.1, 0.15) is 12.8 Å². The molecule has 1 aliphatic heterocycles. The smallest absolute Gasteiger partial charge is 0.381 e. The third-order valence-electron chi connectivity index (χ3n) is 6.10. The van der Waals surface area contributed by atoms with Crippen LogP contribution in [0.3, 0.4) is 0 Å². The number of aromatic nitrogens is 3. The molecule has 4 rings (SSSR count). The second kappa shape index (κ2) is 11.2. The van der Waals surface area contributed by atoms with Crippen LogP contribution in [0.2, 0.25) is 25.7 Å². The first-order chi connectivity index (χ1) is 17.1. The fraction of sp³-hybridized carbons (Fsp3) is 0.520. The lowest BCUT2D eigenvalue weighted by Crippen LogP contribution is -2.28. The van der Waals surface area contributed by atoms with E-state index in [9.17, 15) is 13.2 Å². The number of ether oxygens (including phenoxy) is 2. The first-order valence-corrected chi connectivity index (χ1v) is 16.0. The molecule has 0 atom stereocenters. The molecule has 0 radical (unpaired) electrons. The fourth-order valence-corrected chi connectivity index (χ4v) is 4.83. The standard InChI is InChI=1S/C25H34F3N5O2Si/c1-36(2,3)11-10-35-17-33-21(18-4-7-29-23(13-18)31-16-25(26,27)28)12-19-15-30-24(14-22(19)33)32-20-5-8-34-9-6-20/h4,7,12-15,20H,5-6,8-11,16-17H2,1-3H3,(H,29,31)(H,30,32). The Kier molecular flexibility index (Phi) is 8.21. The van der Waals surface area contributed by atoms with Crippen LogP contribution < -0.4 is 10.6 Å². The summed E-state index contributed by atoms with van der Waals surface area (Å²) in [6.07, 6.45) is 0.866. The van der Waals surface area contributed by atoms with Gasteiger partial charge in [-0.3, -0.25) is 0 Å². The van der Waals surface area contributed by atoms with Crippen LogP contribution in [0.15, 0.2) is 36.7 Å². The lowest BCUT2D eigenvalue weighted by Gasteiger charge is -2.23. The van der Waals surface area contributed by atoms with Crippen molar-refractivity contribution in [2.75, 3.05) is 37.0 Å². The predicted molar refractivity (Wildman–Crippen MR) is 139 cm³/mol. The van der Waals surface area contributed by atoms with Gasteiger partial charge in [0.2, 0.25) is 0 Å². The van der Waals surface area contributed by atoms with Gasteiger partial charge >= 0.3 is 6.18 Å². The minimum atomic E-state index is -4.32. The molecule has 2 N–H and O–H groups in total. The van der Waals surface area contributed by atoms with Gasteiger partial charge in [0.15, 0.2) is 0 Å². The molecule has 36 heavy (non-hydrogen) atoms. The molecular weight excluding hydrogens is 487 g/mol. The Morgan fingerprint density at radius 1 is 1.11 bits per heavy atom. The lowest BCUT2D eigenvalue weighted by atomic mass is 10.1. The maximum absolute atomic E-state index is 12.7. The van der Waals surface area contributed by atoms with Crippen LogP contribution in [0.4, 0.5) is 24.8 Å². The van der Waals surface area contributed by atoms with E-state index in [4.69, 9.17) is 9.47 Å². The van der Waals surface area contributed by atoms with Crippen molar-refractivity contribution in [3.8, 4) is 11.3 Å². The number of nitrogens with zero attached hydrogens (tertiary/aromatic N) is 3. The van der Waals surface area contributed by atoms with Gasteiger partial charge in [0.1, 0.15) is 24.9 Å². The third-order valence-corrected chi connectivity index (χ3v) is 7.81. The maximum Gasteiger partial charge on any atom is 0.405 e. The van der Waals surface area contributed by atoms with Crippen molar-refractivity contribution in [1.82, 2.24) is 14.5 Å². The van der Waals surface area contributed by atoms with Gasteiger partial charge in [-0.2, -0.15) is 13.2 Å².